The first kappa shape index (κ1) is 17.5. The van der Waals surface area contributed by atoms with Crippen LogP contribution in [0.5, 0.6) is 5.75 Å². The summed E-state index contributed by atoms with van der Waals surface area (Å²) in [6, 6.07) is 7.41. The molecule has 0 radical (unpaired) electrons. The Morgan fingerprint density at radius 1 is 1.26 bits per heavy atom. The number of esters is 1. The fraction of sp³-hybridized carbons (Fsp3) is 0.312. The molecule has 0 aliphatic carbocycles. The van der Waals surface area contributed by atoms with Gasteiger partial charge in [-0.05, 0) is 37.6 Å². The van der Waals surface area contributed by atoms with Crippen LogP contribution in [0.3, 0.4) is 0 Å². The number of rotatable bonds is 6. The van der Waals surface area contributed by atoms with Crippen LogP contribution in [0.25, 0.3) is 6.08 Å². The SMILES string of the molecule is CCOC(=O)CN1C(=O)C(=Cc2ccc(OCC)cc2)SC1=S. The fourth-order valence-corrected chi connectivity index (χ4v) is 3.21. The lowest BCUT2D eigenvalue weighted by molar-refractivity contribution is -0.145. The van der Waals surface area contributed by atoms with Crippen LogP contribution < -0.4 is 4.74 Å². The number of hydrogen-bond donors (Lipinski definition) is 0. The average molecular weight is 351 g/mol. The molecule has 0 atom stereocenters. The summed E-state index contributed by atoms with van der Waals surface area (Å²) < 4.78 is 10.6. The van der Waals surface area contributed by atoms with Crippen molar-refractivity contribution < 1.29 is 19.1 Å². The Morgan fingerprint density at radius 3 is 2.57 bits per heavy atom. The summed E-state index contributed by atoms with van der Waals surface area (Å²) in [6.45, 7) is 4.36. The quantitative estimate of drug-likeness (QED) is 0.446. The smallest absolute Gasteiger partial charge is 0.326 e. The van der Waals surface area contributed by atoms with Gasteiger partial charge in [-0.1, -0.05) is 36.1 Å². The minimum atomic E-state index is -0.467. The molecule has 0 bridgehead atoms. The minimum absolute atomic E-state index is 0.154. The molecule has 0 spiro atoms. The molecule has 1 aliphatic heterocycles. The molecule has 1 fully saturated rings. The van der Waals surface area contributed by atoms with Crippen LogP contribution in [0.1, 0.15) is 19.4 Å². The molecular formula is C16H17NO4S2. The molecule has 0 N–H and O–H groups in total. The van der Waals surface area contributed by atoms with Gasteiger partial charge in [-0.2, -0.15) is 0 Å². The Bertz CT molecular complexity index is 640. The fourth-order valence-electron chi connectivity index (χ4n) is 1.95. The standard InChI is InChI=1S/C16H17NO4S2/c1-3-20-12-7-5-11(6-8-12)9-13-15(19)17(16(22)23-13)10-14(18)21-4-2/h5-9H,3-4,10H2,1-2H3. The molecule has 1 amide bonds. The highest BCUT2D eigenvalue weighted by molar-refractivity contribution is 8.26. The molecule has 1 aromatic carbocycles. The van der Waals surface area contributed by atoms with E-state index in [9.17, 15) is 9.59 Å². The number of benzene rings is 1. The Balaban J connectivity index is 2.10. The number of carbonyl (C=O) groups is 2. The molecule has 5 nitrogen and oxygen atoms in total. The number of nitrogens with zero attached hydrogens (tertiary/aromatic N) is 1. The first-order chi connectivity index (χ1) is 11.0. The molecule has 0 unspecified atom stereocenters. The number of carbonyl (C=O) groups excluding carboxylic acids is 2. The van der Waals surface area contributed by atoms with E-state index in [1.807, 2.05) is 31.2 Å². The van der Waals surface area contributed by atoms with Gasteiger partial charge in [0, 0.05) is 0 Å². The third-order valence-electron chi connectivity index (χ3n) is 2.95. The Hall–Kier alpha value is -1.86. The molecule has 1 aromatic rings. The van der Waals surface area contributed by atoms with Crippen molar-refractivity contribution in [1.29, 1.82) is 0 Å². The minimum Gasteiger partial charge on any atom is -0.494 e. The van der Waals surface area contributed by atoms with Crippen LogP contribution in [0, 0.1) is 0 Å². The van der Waals surface area contributed by atoms with E-state index in [1.54, 1.807) is 13.0 Å². The number of thioether (sulfide) groups is 1. The van der Waals surface area contributed by atoms with Gasteiger partial charge in [-0.15, -0.1) is 0 Å². The summed E-state index contributed by atoms with van der Waals surface area (Å²) in [5.74, 6) is 0.0348. The summed E-state index contributed by atoms with van der Waals surface area (Å²) in [7, 11) is 0. The molecule has 0 aromatic heterocycles. The number of ether oxygens (including phenoxy) is 2. The zero-order valence-corrected chi connectivity index (χ0v) is 14.5. The average Bonchev–Trinajstić information content (AvgIpc) is 2.77. The van der Waals surface area contributed by atoms with Gasteiger partial charge >= 0.3 is 5.97 Å². The molecule has 122 valence electrons. The summed E-state index contributed by atoms with van der Waals surface area (Å²) >= 11 is 6.35. The monoisotopic (exact) mass is 351 g/mol. The van der Waals surface area contributed by atoms with Crippen molar-refractivity contribution in [2.24, 2.45) is 0 Å². The van der Waals surface area contributed by atoms with Crippen molar-refractivity contribution in [1.82, 2.24) is 4.90 Å². The maximum absolute atomic E-state index is 12.3. The van der Waals surface area contributed by atoms with Crippen LogP contribution in [0.2, 0.25) is 0 Å². The normalized spacial score (nSPS) is 16.1. The van der Waals surface area contributed by atoms with Crippen molar-refractivity contribution >= 4 is 46.3 Å². The lowest BCUT2D eigenvalue weighted by Gasteiger charge is -2.12. The lowest BCUT2D eigenvalue weighted by Crippen LogP contribution is -2.34. The Morgan fingerprint density at radius 2 is 1.96 bits per heavy atom. The van der Waals surface area contributed by atoms with Crippen molar-refractivity contribution in [3.05, 3.63) is 34.7 Å². The second-order valence-corrected chi connectivity index (χ2v) is 6.25. The van der Waals surface area contributed by atoms with Crippen LogP contribution in [-0.4, -0.2) is 40.9 Å². The Labute approximate surface area is 144 Å². The highest BCUT2D eigenvalue weighted by atomic mass is 32.2. The van der Waals surface area contributed by atoms with Crippen LogP contribution in [-0.2, 0) is 14.3 Å². The van der Waals surface area contributed by atoms with Crippen molar-refractivity contribution in [3.63, 3.8) is 0 Å². The summed E-state index contributed by atoms with van der Waals surface area (Å²) in [5, 5.41) is 0. The van der Waals surface area contributed by atoms with Gasteiger partial charge in [0.05, 0.1) is 18.1 Å². The summed E-state index contributed by atoms with van der Waals surface area (Å²) in [4.78, 5) is 25.6. The van der Waals surface area contributed by atoms with Gasteiger partial charge in [0.25, 0.3) is 5.91 Å². The number of thiocarbonyl (C=S) groups is 1. The van der Waals surface area contributed by atoms with Crippen molar-refractivity contribution in [2.45, 2.75) is 13.8 Å². The maximum atomic E-state index is 12.3. The van der Waals surface area contributed by atoms with Gasteiger partial charge in [0.15, 0.2) is 0 Å². The molecule has 1 aliphatic rings. The van der Waals surface area contributed by atoms with E-state index >= 15 is 0 Å². The zero-order valence-electron chi connectivity index (χ0n) is 12.9. The summed E-state index contributed by atoms with van der Waals surface area (Å²) in [6.07, 6.45) is 1.75. The number of amides is 1. The van der Waals surface area contributed by atoms with E-state index in [0.29, 0.717) is 15.8 Å². The van der Waals surface area contributed by atoms with E-state index in [0.717, 1.165) is 11.3 Å². The van der Waals surface area contributed by atoms with Gasteiger partial charge < -0.3 is 9.47 Å². The predicted molar refractivity (Wildman–Crippen MR) is 94.1 cm³/mol. The van der Waals surface area contributed by atoms with Gasteiger partial charge in [-0.3, -0.25) is 14.5 Å². The predicted octanol–water partition coefficient (Wildman–Crippen LogP) is 2.85. The topological polar surface area (TPSA) is 55.8 Å². The second-order valence-electron chi connectivity index (χ2n) is 4.57. The Kier molecular flexibility index (Phi) is 6.18. The van der Waals surface area contributed by atoms with Crippen molar-refractivity contribution in [3.8, 4) is 5.75 Å². The van der Waals surface area contributed by atoms with Gasteiger partial charge in [0.2, 0.25) is 0 Å². The van der Waals surface area contributed by atoms with Gasteiger partial charge in [-0.25, -0.2) is 0 Å². The van der Waals surface area contributed by atoms with Gasteiger partial charge in [0.1, 0.15) is 16.6 Å². The van der Waals surface area contributed by atoms with E-state index in [-0.39, 0.29) is 19.1 Å². The number of hydrogen-bond acceptors (Lipinski definition) is 6. The first-order valence-electron chi connectivity index (χ1n) is 7.19. The molecule has 1 saturated heterocycles. The van der Waals surface area contributed by atoms with E-state index in [1.165, 1.54) is 16.7 Å². The lowest BCUT2D eigenvalue weighted by atomic mass is 10.2. The molecule has 7 heteroatoms. The van der Waals surface area contributed by atoms with Crippen molar-refractivity contribution in [2.75, 3.05) is 19.8 Å². The van der Waals surface area contributed by atoms with E-state index < -0.39 is 5.97 Å². The first-order valence-corrected chi connectivity index (χ1v) is 8.41. The van der Waals surface area contributed by atoms with Crippen LogP contribution in [0.4, 0.5) is 0 Å². The summed E-state index contributed by atoms with van der Waals surface area (Å²) in [5.41, 5.74) is 0.866. The second kappa shape index (κ2) is 8.12. The molecule has 2 rings (SSSR count). The maximum Gasteiger partial charge on any atom is 0.326 e. The third-order valence-corrected chi connectivity index (χ3v) is 4.33. The molecular weight excluding hydrogens is 334 g/mol. The van der Waals surface area contributed by atoms with Crippen LogP contribution in [0.15, 0.2) is 29.2 Å². The third kappa shape index (κ3) is 4.56. The largest absolute Gasteiger partial charge is 0.494 e. The van der Waals surface area contributed by atoms with E-state index in [4.69, 9.17) is 21.7 Å². The zero-order chi connectivity index (χ0) is 16.8. The molecule has 1 heterocycles. The van der Waals surface area contributed by atoms with E-state index in [2.05, 4.69) is 0 Å². The van der Waals surface area contributed by atoms with Crippen LogP contribution >= 0.6 is 24.0 Å². The molecule has 23 heavy (non-hydrogen) atoms. The highest BCUT2D eigenvalue weighted by Gasteiger charge is 2.33. The molecule has 0 saturated carbocycles. The highest BCUT2D eigenvalue weighted by Crippen LogP contribution is 2.32.